The Kier molecular flexibility index (Phi) is 4.41. The van der Waals surface area contributed by atoms with Crippen molar-refractivity contribution in [2.24, 2.45) is 0 Å². The Morgan fingerprint density at radius 1 is 1.00 bits per heavy atom. The molecule has 2 aromatic carbocycles. The van der Waals surface area contributed by atoms with Crippen LogP contribution in [0, 0.1) is 6.92 Å². The van der Waals surface area contributed by atoms with E-state index in [0.29, 0.717) is 22.9 Å². The molecule has 0 saturated heterocycles. The number of rotatable bonds is 5. The fourth-order valence-electron chi connectivity index (χ4n) is 3.11. The van der Waals surface area contributed by atoms with E-state index in [-0.39, 0.29) is 0 Å². The number of hydrogen-bond donors (Lipinski definition) is 0. The Labute approximate surface area is 160 Å². The van der Waals surface area contributed by atoms with Crippen LogP contribution in [0.25, 0.3) is 27.5 Å². The van der Waals surface area contributed by atoms with Crippen molar-refractivity contribution >= 4 is 22.6 Å². The van der Waals surface area contributed by atoms with Gasteiger partial charge < -0.3 is 9.47 Å². The molecule has 0 radical (unpaired) electrons. The highest BCUT2D eigenvalue weighted by Gasteiger charge is 2.19. The van der Waals surface area contributed by atoms with Crippen molar-refractivity contribution < 1.29 is 14.3 Å². The number of benzene rings is 2. The normalized spacial score (nSPS) is 10.9. The van der Waals surface area contributed by atoms with Crippen LogP contribution in [-0.2, 0) is 0 Å². The maximum absolute atomic E-state index is 12.0. The lowest BCUT2D eigenvalue weighted by molar-refractivity contribution is 0.111. The van der Waals surface area contributed by atoms with Gasteiger partial charge in [0.2, 0.25) is 0 Å². The molecular formula is C21H18N2O3S. The maximum atomic E-state index is 12.0. The van der Waals surface area contributed by atoms with Gasteiger partial charge in [0, 0.05) is 10.9 Å². The molecule has 0 aliphatic heterocycles. The van der Waals surface area contributed by atoms with Gasteiger partial charge in [0.25, 0.3) is 0 Å². The van der Waals surface area contributed by atoms with Crippen LogP contribution < -0.4 is 9.47 Å². The smallest absolute Gasteiger partial charge is 0.195 e. The number of fused-ring (bicyclic) bond motifs is 1. The number of hydrogen-bond acceptors (Lipinski definition) is 5. The van der Waals surface area contributed by atoms with Gasteiger partial charge in [-0.05, 0) is 30.7 Å². The zero-order chi connectivity index (χ0) is 19.0. The number of ether oxygens (including phenoxy) is 2. The van der Waals surface area contributed by atoms with E-state index >= 15 is 0 Å². The molecule has 0 unspecified atom stereocenters. The Hall–Kier alpha value is -3.12. The van der Waals surface area contributed by atoms with Crippen molar-refractivity contribution in [2.75, 3.05) is 14.2 Å². The van der Waals surface area contributed by atoms with E-state index in [4.69, 9.17) is 14.5 Å². The first-order chi connectivity index (χ1) is 13.2. The molecule has 0 N–H and O–H groups in total. The van der Waals surface area contributed by atoms with Crippen LogP contribution in [0.5, 0.6) is 11.5 Å². The maximum Gasteiger partial charge on any atom is 0.195 e. The van der Waals surface area contributed by atoms with Gasteiger partial charge in [-0.25, -0.2) is 4.98 Å². The quantitative estimate of drug-likeness (QED) is 0.465. The molecule has 2 heterocycles. The van der Waals surface area contributed by atoms with Crippen LogP contribution in [0.3, 0.4) is 0 Å². The topological polar surface area (TPSA) is 52.8 Å². The highest BCUT2D eigenvalue weighted by atomic mass is 32.1. The zero-order valence-corrected chi connectivity index (χ0v) is 16.0. The summed E-state index contributed by atoms with van der Waals surface area (Å²) in [6.07, 6.45) is 0.858. The third-order valence-electron chi connectivity index (χ3n) is 4.52. The number of methoxy groups -OCH3 is 2. The van der Waals surface area contributed by atoms with Gasteiger partial charge >= 0.3 is 0 Å². The molecule has 6 heteroatoms. The molecule has 0 amide bonds. The number of aryl methyl sites for hydroxylation is 1. The minimum absolute atomic E-state index is 0.522. The molecule has 0 aliphatic rings. The van der Waals surface area contributed by atoms with Crippen LogP contribution in [0.1, 0.15) is 16.1 Å². The molecule has 0 bridgehead atoms. The summed E-state index contributed by atoms with van der Waals surface area (Å²) < 4.78 is 12.6. The van der Waals surface area contributed by atoms with Gasteiger partial charge in [0.1, 0.15) is 11.4 Å². The van der Waals surface area contributed by atoms with E-state index in [2.05, 4.69) is 31.2 Å². The highest BCUT2D eigenvalue weighted by Crippen LogP contribution is 2.36. The standard InChI is InChI=1S/C21H18N2O3S/c1-13-4-6-14(7-5-13)17-12-27-21-22-20(16(11-24)23(17)21)15-8-9-18(25-2)19(10-15)26-3/h4-12H,1-3H3. The average Bonchev–Trinajstić information content (AvgIpc) is 3.27. The van der Waals surface area contributed by atoms with Crippen LogP contribution in [0.15, 0.2) is 47.8 Å². The van der Waals surface area contributed by atoms with Gasteiger partial charge in [-0.3, -0.25) is 9.20 Å². The lowest BCUT2D eigenvalue weighted by atomic mass is 10.1. The van der Waals surface area contributed by atoms with E-state index < -0.39 is 0 Å². The lowest BCUT2D eigenvalue weighted by Crippen LogP contribution is -1.95. The fraction of sp³-hybridized carbons (Fsp3) is 0.143. The third-order valence-corrected chi connectivity index (χ3v) is 5.34. The summed E-state index contributed by atoms with van der Waals surface area (Å²) in [6, 6.07) is 13.8. The molecule has 0 spiro atoms. The second-order valence-electron chi connectivity index (χ2n) is 6.14. The average molecular weight is 378 g/mol. The SMILES string of the molecule is COc1ccc(-c2nc3scc(-c4ccc(C)cc4)n3c2C=O)cc1OC. The molecule has 0 aliphatic carbocycles. The summed E-state index contributed by atoms with van der Waals surface area (Å²) >= 11 is 1.51. The summed E-state index contributed by atoms with van der Waals surface area (Å²) in [4.78, 5) is 17.5. The van der Waals surface area contributed by atoms with Crippen molar-refractivity contribution in [3.63, 3.8) is 0 Å². The van der Waals surface area contributed by atoms with E-state index in [1.807, 2.05) is 28.0 Å². The summed E-state index contributed by atoms with van der Waals surface area (Å²) in [5, 5.41) is 2.03. The summed E-state index contributed by atoms with van der Waals surface area (Å²) in [6.45, 7) is 2.05. The summed E-state index contributed by atoms with van der Waals surface area (Å²) in [5.41, 5.74) is 5.15. The molecule has 4 rings (SSSR count). The predicted octanol–water partition coefficient (Wildman–Crippen LogP) is 4.87. The molecule has 5 nitrogen and oxygen atoms in total. The monoisotopic (exact) mass is 378 g/mol. The molecule has 0 saturated carbocycles. The number of nitrogens with zero attached hydrogens (tertiary/aromatic N) is 2. The van der Waals surface area contributed by atoms with Crippen molar-refractivity contribution in [2.45, 2.75) is 6.92 Å². The molecule has 136 valence electrons. The van der Waals surface area contributed by atoms with Crippen LogP contribution in [0.4, 0.5) is 0 Å². The Morgan fingerprint density at radius 3 is 2.37 bits per heavy atom. The third kappa shape index (κ3) is 2.88. The minimum atomic E-state index is 0.522. The molecule has 0 atom stereocenters. The molecule has 27 heavy (non-hydrogen) atoms. The highest BCUT2D eigenvalue weighted by molar-refractivity contribution is 7.15. The number of carbonyl (C=O) groups is 1. The lowest BCUT2D eigenvalue weighted by Gasteiger charge is -2.09. The number of imidazole rings is 1. The summed E-state index contributed by atoms with van der Waals surface area (Å²) in [5.74, 6) is 1.23. The molecule has 0 fully saturated rings. The predicted molar refractivity (Wildman–Crippen MR) is 107 cm³/mol. The first kappa shape index (κ1) is 17.3. The van der Waals surface area contributed by atoms with Crippen molar-refractivity contribution in [1.29, 1.82) is 0 Å². The first-order valence-electron chi connectivity index (χ1n) is 8.41. The van der Waals surface area contributed by atoms with Crippen LogP contribution >= 0.6 is 11.3 Å². The van der Waals surface area contributed by atoms with E-state index in [1.54, 1.807) is 14.2 Å². The van der Waals surface area contributed by atoms with Gasteiger partial charge in [-0.2, -0.15) is 0 Å². The minimum Gasteiger partial charge on any atom is -0.493 e. The molecular weight excluding hydrogens is 360 g/mol. The number of aromatic nitrogens is 2. The zero-order valence-electron chi connectivity index (χ0n) is 15.2. The Morgan fingerprint density at radius 2 is 1.70 bits per heavy atom. The van der Waals surface area contributed by atoms with Gasteiger partial charge in [0.05, 0.1) is 19.9 Å². The molecule has 2 aromatic heterocycles. The van der Waals surface area contributed by atoms with E-state index in [1.165, 1.54) is 16.9 Å². The second-order valence-corrected chi connectivity index (χ2v) is 6.97. The van der Waals surface area contributed by atoms with Crippen molar-refractivity contribution in [3.05, 3.63) is 59.1 Å². The Balaban J connectivity index is 1.91. The number of thiazole rings is 1. The second kappa shape index (κ2) is 6.89. The van der Waals surface area contributed by atoms with Crippen molar-refractivity contribution in [3.8, 4) is 34.0 Å². The van der Waals surface area contributed by atoms with Gasteiger partial charge in [-0.1, -0.05) is 29.8 Å². The first-order valence-corrected chi connectivity index (χ1v) is 9.28. The fourth-order valence-corrected chi connectivity index (χ4v) is 4.02. The molecule has 4 aromatic rings. The van der Waals surface area contributed by atoms with E-state index in [9.17, 15) is 4.79 Å². The van der Waals surface area contributed by atoms with Gasteiger partial charge in [-0.15, -0.1) is 11.3 Å². The Bertz CT molecular complexity index is 1130. The van der Waals surface area contributed by atoms with Gasteiger partial charge in [0.15, 0.2) is 22.7 Å². The van der Waals surface area contributed by atoms with Crippen LogP contribution in [-0.4, -0.2) is 29.9 Å². The summed E-state index contributed by atoms with van der Waals surface area (Å²) in [7, 11) is 3.18. The number of carbonyl (C=O) groups excluding carboxylic acids is 1. The van der Waals surface area contributed by atoms with Crippen LogP contribution in [0.2, 0.25) is 0 Å². The largest absolute Gasteiger partial charge is 0.493 e. The number of aldehydes is 1. The van der Waals surface area contributed by atoms with E-state index in [0.717, 1.165) is 28.1 Å². The van der Waals surface area contributed by atoms with Crippen molar-refractivity contribution in [1.82, 2.24) is 9.38 Å².